The van der Waals surface area contributed by atoms with Gasteiger partial charge in [0.15, 0.2) is 5.90 Å². The van der Waals surface area contributed by atoms with Crippen LogP contribution in [0.3, 0.4) is 0 Å². The Bertz CT molecular complexity index is 373. The summed E-state index contributed by atoms with van der Waals surface area (Å²) in [6.45, 7) is 4.55. The minimum Gasteiger partial charge on any atom is -0.478 e. The minimum atomic E-state index is -0.572. The predicted molar refractivity (Wildman–Crippen MR) is 63.4 cm³/mol. The van der Waals surface area contributed by atoms with Gasteiger partial charge in [-0.2, -0.15) is 0 Å². The van der Waals surface area contributed by atoms with Crippen molar-refractivity contribution in [1.82, 2.24) is 0 Å². The molecule has 0 aromatic heterocycles. The Morgan fingerprint density at radius 3 is 2.56 bits per heavy atom. The summed E-state index contributed by atoms with van der Waals surface area (Å²) >= 11 is 0. The van der Waals surface area contributed by atoms with Gasteiger partial charge in [0, 0.05) is 5.92 Å². The van der Waals surface area contributed by atoms with Gasteiger partial charge < -0.3 is 9.84 Å². The molecule has 0 spiro atoms. The van der Waals surface area contributed by atoms with Crippen molar-refractivity contribution in [2.75, 3.05) is 6.61 Å². The number of ether oxygens (including phenoxy) is 1. The fourth-order valence-electron chi connectivity index (χ4n) is 1.76. The minimum absolute atomic E-state index is 0.167. The van der Waals surface area contributed by atoms with Crippen LogP contribution in [0.2, 0.25) is 0 Å². The molecule has 86 valence electrons. The van der Waals surface area contributed by atoms with E-state index in [0.29, 0.717) is 6.61 Å². The molecule has 3 heteroatoms. The van der Waals surface area contributed by atoms with Crippen LogP contribution in [0.25, 0.3) is 0 Å². The second kappa shape index (κ2) is 4.66. The second-order valence-corrected chi connectivity index (χ2v) is 4.36. The Labute approximate surface area is 95.8 Å². The molecule has 1 aromatic carbocycles. The Hall–Kier alpha value is -1.35. The first-order valence-electron chi connectivity index (χ1n) is 5.62. The Kier molecular flexibility index (Phi) is 3.25. The van der Waals surface area contributed by atoms with E-state index in [1.165, 1.54) is 0 Å². The van der Waals surface area contributed by atoms with Crippen LogP contribution in [0.1, 0.15) is 25.5 Å². The van der Waals surface area contributed by atoms with E-state index in [4.69, 9.17) is 4.74 Å². The molecule has 1 N–H and O–H groups in total. The summed E-state index contributed by atoms with van der Waals surface area (Å²) in [5.74, 6) is 1.04. The summed E-state index contributed by atoms with van der Waals surface area (Å²) in [4.78, 5) is 4.41. The van der Waals surface area contributed by atoms with Crippen molar-refractivity contribution >= 4 is 5.90 Å². The number of nitrogens with zero attached hydrogens (tertiary/aromatic N) is 1. The Balaban J connectivity index is 2.10. The molecule has 1 aromatic rings. The van der Waals surface area contributed by atoms with Gasteiger partial charge in [-0.1, -0.05) is 44.2 Å². The molecule has 1 heterocycles. The van der Waals surface area contributed by atoms with Gasteiger partial charge in [0.25, 0.3) is 0 Å². The van der Waals surface area contributed by atoms with Gasteiger partial charge in [0.05, 0.1) is 0 Å². The highest BCUT2D eigenvalue weighted by Crippen LogP contribution is 2.23. The number of hydrogen-bond donors (Lipinski definition) is 1. The van der Waals surface area contributed by atoms with Crippen LogP contribution in [-0.4, -0.2) is 23.7 Å². The highest BCUT2D eigenvalue weighted by atomic mass is 16.5. The average molecular weight is 219 g/mol. The topological polar surface area (TPSA) is 41.8 Å². The highest BCUT2D eigenvalue weighted by molar-refractivity contribution is 5.79. The Morgan fingerprint density at radius 2 is 2.00 bits per heavy atom. The number of rotatable bonds is 3. The molecule has 3 nitrogen and oxygen atoms in total. The smallest absolute Gasteiger partial charge is 0.186 e. The number of benzene rings is 1. The first-order chi connectivity index (χ1) is 7.68. The fraction of sp³-hybridized carbons (Fsp3) is 0.462. The number of aliphatic imine (C=N–C) groups is 1. The van der Waals surface area contributed by atoms with Crippen molar-refractivity contribution in [2.24, 2.45) is 10.9 Å². The van der Waals surface area contributed by atoms with Gasteiger partial charge in [-0.05, 0) is 5.56 Å². The SMILES string of the molecule is CC(C)C1=N[C@H]([C@@H](O)c2ccccc2)CO1. The lowest BCUT2D eigenvalue weighted by Crippen LogP contribution is -2.17. The summed E-state index contributed by atoms with van der Waals surface area (Å²) in [5.41, 5.74) is 0.893. The number of aliphatic hydroxyl groups is 1. The monoisotopic (exact) mass is 219 g/mol. The molecule has 1 aliphatic heterocycles. The molecule has 2 rings (SSSR count). The predicted octanol–water partition coefficient (Wildman–Crippen LogP) is 2.17. The molecule has 0 unspecified atom stereocenters. The molecular formula is C13H17NO2. The lowest BCUT2D eigenvalue weighted by molar-refractivity contribution is 0.129. The van der Waals surface area contributed by atoms with E-state index < -0.39 is 6.10 Å². The summed E-state index contributed by atoms with van der Waals surface area (Å²) in [5, 5.41) is 10.1. The molecule has 0 radical (unpaired) electrons. The molecule has 1 aliphatic rings. The Morgan fingerprint density at radius 1 is 1.31 bits per heavy atom. The van der Waals surface area contributed by atoms with E-state index in [1.54, 1.807) is 0 Å². The maximum absolute atomic E-state index is 10.1. The third kappa shape index (κ3) is 2.25. The van der Waals surface area contributed by atoms with Crippen molar-refractivity contribution in [2.45, 2.75) is 26.0 Å². The second-order valence-electron chi connectivity index (χ2n) is 4.36. The third-order valence-corrected chi connectivity index (χ3v) is 2.69. The van der Waals surface area contributed by atoms with Crippen LogP contribution < -0.4 is 0 Å². The molecule has 0 saturated carbocycles. The van der Waals surface area contributed by atoms with Crippen molar-refractivity contribution < 1.29 is 9.84 Å². The standard InChI is InChI=1S/C13H17NO2/c1-9(2)13-14-11(8-16-13)12(15)10-6-4-3-5-7-10/h3-7,9,11-12,15H,8H2,1-2H3/t11-,12-/m0/s1. The van der Waals surface area contributed by atoms with Crippen molar-refractivity contribution in [3.05, 3.63) is 35.9 Å². The highest BCUT2D eigenvalue weighted by Gasteiger charge is 2.27. The lowest BCUT2D eigenvalue weighted by Gasteiger charge is -2.13. The van der Waals surface area contributed by atoms with Crippen molar-refractivity contribution in [3.63, 3.8) is 0 Å². The zero-order chi connectivity index (χ0) is 11.5. The quantitative estimate of drug-likeness (QED) is 0.846. The van der Waals surface area contributed by atoms with Crippen molar-refractivity contribution in [3.8, 4) is 0 Å². The van der Waals surface area contributed by atoms with E-state index >= 15 is 0 Å². The lowest BCUT2D eigenvalue weighted by atomic mass is 10.0. The maximum atomic E-state index is 10.1. The van der Waals surface area contributed by atoms with Gasteiger partial charge in [0.1, 0.15) is 18.8 Å². The zero-order valence-corrected chi connectivity index (χ0v) is 9.63. The first kappa shape index (κ1) is 11.1. The number of hydrogen-bond acceptors (Lipinski definition) is 3. The normalized spacial score (nSPS) is 21.8. The van der Waals surface area contributed by atoms with E-state index in [2.05, 4.69) is 4.99 Å². The largest absolute Gasteiger partial charge is 0.478 e. The fourth-order valence-corrected chi connectivity index (χ4v) is 1.76. The summed E-state index contributed by atoms with van der Waals surface area (Å²) < 4.78 is 5.46. The number of aliphatic hydroxyl groups excluding tert-OH is 1. The summed E-state index contributed by atoms with van der Waals surface area (Å²) in [7, 11) is 0. The van der Waals surface area contributed by atoms with E-state index in [0.717, 1.165) is 11.5 Å². The molecule has 0 amide bonds. The van der Waals surface area contributed by atoms with Crippen LogP contribution in [-0.2, 0) is 4.74 Å². The van der Waals surface area contributed by atoms with Gasteiger partial charge in [-0.25, -0.2) is 4.99 Å². The molecular weight excluding hydrogens is 202 g/mol. The zero-order valence-electron chi connectivity index (χ0n) is 9.63. The average Bonchev–Trinajstić information content (AvgIpc) is 2.78. The molecule has 16 heavy (non-hydrogen) atoms. The van der Waals surface area contributed by atoms with Crippen LogP contribution in [0, 0.1) is 5.92 Å². The van der Waals surface area contributed by atoms with Crippen molar-refractivity contribution in [1.29, 1.82) is 0 Å². The van der Waals surface area contributed by atoms with Crippen LogP contribution in [0.15, 0.2) is 35.3 Å². The molecule has 0 fully saturated rings. The van der Waals surface area contributed by atoms with Gasteiger partial charge >= 0.3 is 0 Å². The van der Waals surface area contributed by atoms with Crippen LogP contribution in [0.4, 0.5) is 0 Å². The van der Waals surface area contributed by atoms with E-state index in [1.807, 2.05) is 44.2 Å². The molecule has 2 atom stereocenters. The third-order valence-electron chi connectivity index (χ3n) is 2.69. The molecule has 0 aliphatic carbocycles. The first-order valence-corrected chi connectivity index (χ1v) is 5.62. The molecule has 0 bridgehead atoms. The molecule has 0 saturated heterocycles. The van der Waals surface area contributed by atoms with E-state index in [-0.39, 0.29) is 12.0 Å². The van der Waals surface area contributed by atoms with Crippen LogP contribution >= 0.6 is 0 Å². The van der Waals surface area contributed by atoms with Gasteiger partial charge in [-0.3, -0.25) is 0 Å². The summed E-state index contributed by atoms with van der Waals surface area (Å²) in [6.07, 6.45) is -0.572. The summed E-state index contributed by atoms with van der Waals surface area (Å²) in [6, 6.07) is 9.42. The maximum Gasteiger partial charge on any atom is 0.186 e. The van der Waals surface area contributed by atoms with Gasteiger partial charge in [0.2, 0.25) is 0 Å². The van der Waals surface area contributed by atoms with Crippen LogP contribution in [0.5, 0.6) is 0 Å². The van der Waals surface area contributed by atoms with E-state index in [9.17, 15) is 5.11 Å². The van der Waals surface area contributed by atoms with Gasteiger partial charge in [-0.15, -0.1) is 0 Å².